The average Bonchev–Trinajstić information content (AvgIpc) is 2.96. The Morgan fingerprint density at radius 2 is 1.75 bits per heavy atom. The molecule has 0 aliphatic rings. The summed E-state index contributed by atoms with van der Waals surface area (Å²) in [6, 6.07) is 12.4. The summed E-state index contributed by atoms with van der Waals surface area (Å²) in [5.41, 5.74) is 10.1. The molecule has 130 valence electrons. The summed E-state index contributed by atoms with van der Waals surface area (Å²) in [6.07, 6.45) is 1.81. The van der Waals surface area contributed by atoms with E-state index in [2.05, 4.69) is 40.5 Å². The van der Waals surface area contributed by atoms with Crippen LogP contribution in [0, 0.1) is 0 Å². The van der Waals surface area contributed by atoms with Gasteiger partial charge >= 0.3 is 0 Å². The van der Waals surface area contributed by atoms with Crippen LogP contribution < -0.4 is 10.5 Å². The fourth-order valence-electron chi connectivity index (χ4n) is 2.60. The largest absolute Gasteiger partial charge is 0.492 e. The second-order valence-electron chi connectivity index (χ2n) is 6.01. The summed E-state index contributed by atoms with van der Waals surface area (Å²) in [4.78, 5) is 0. The number of nitrogens with zero attached hydrogens (tertiary/aromatic N) is 1. The van der Waals surface area contributed by atoms with Crippen LogP contribution in [-0.2, 0) is 5.54 Å². The third-order valence-electron chi connectivity index (χ3n) is 3.80. The second-order valence-corrected chi connectivity index (χ2v) is 6.01. The van der Waals surface area contributed by atoms with Gasteiger partial charge < -0.3 is 10.5 Å². The van der Waals surface area contributed by atoms with E-state index in [-0.39, 0.29) is 30.4 Å². The number of aromatic amines is 1. The second kappa shape index (κ2) is 7.88. The summed E-state index contributed by atoms with van der Waals surface area (Å²) in [7, 11) is 0. The summed E-state index contributed by atoms with van der Waals surface area (Å²) in [5, 5.41) is 8.09. The van der Waals surface area contributed by atoms with Crippen LogP contribution in [-0.4, -0.2) is 16.8 Å². The van der Waals surface area contributed by atoms with E-state index in [4.69, 9.17) is 10.5 Å². The van der Waals surface area contributed by atoms with Crippen LogP contribution in [0.2, 0.25) is 0 Å². The molecule has 1 aromatic heterocycles. The number of nitrogens with two attached hydrogens (primary N) is 1. The van der Waals surface area contributed by atoms with Gasteiger partial charge in [0.25, 0.3) is 0 Å². The molecule has 0 amide bonds. The zero-order valence-electron chi connectivity index (χ0n) is 14.0. The molecule has 0 radical (unpaired) electrons. The molecular weight excluding hydrogens is 345 g/mol. The Kier molecular flexibility index (Phi) is 6.67. The first kappa shape index (κ1) is 20.3. The first-order valence-electron chi connectivity index (χ1n) is 7.49. The van der Waals surface area contributed by atoms with Gasteiger partial charge in [0.1, 0.15) is 5.75 Å². The molecule has 0 unspecified atom stereocenters. The number of ether oxygens (including phenoxy) is 1. The highest BCUT2D eigenvalue weighted by atomic mass is 35.5. The molecule has 2 aromatic carbocycles. The molecule has 6 heteroatoms. The van der Waals surface area contributed by atoms with Crippen LogP contribution in [0.1, 0.15) is 26.3 Å². The number of H-pyrrole nitrogens is 1. The smallest absolute Gasteiger partial charge is 0.138 e. The molecule has 0 aliphatic heterocycles. The minimum absolute atomic E-state index is 0. The first-order chi connectivity index (χ1) is 10.5. The van der Waals surface area contributed by atoms with Crippen LogP contribution in [0.5, 0.6) is 5.75 Å². The van der Waals surface area contributed by atoms with Gasteiger partial charge in [0, 0.05) is 11.1 Å². The summed E-state index contributed by atoms with van der Waals surface area (Å²) < 4.78 is 5.88. The predicted molar refractivity (Wildman–Crippen MR) is 104 cm³/mol. The van der Waals surface area contributed by atoms with Crippen molar-refractivity contribution in [3.8, 4) is 16.9 Å². The third kappa shape index (κ3) is 3.83. The maximum atomic E-state index is 6.15. The van der Waals surface area contributed by atoms with E-state index in [9.17, 15) is 0 Å². The van der Waals surface area contributed by atoms with E-state index in [1.54, 1.807) is 6.20 Å². The van der Waals surface area contributed by atoms with E-state index >= 15 is 0 Å². The Labute approximate surface area is 154 Å². The van der Waals surface area contributed by atoms with E-state index in [0.717, 1.165) is 33.3 Å². The molecule has 0 saturated carbocycles. The molecule has 3 N–H and O–H groups in total. The van der Waals surface area contributed by atoms with Gasteiger partial charge in [0.05, 0.1) is 23.7 Å². The number of aromatic nitrogens is 2. The van der Waals surface area contributed by atoms with Crippen molar-refractivity contribution in [2.45, 2.75) is 26.3 Å². The van der Waals surface area contributed by atoms with Crippen LogP contribution >= 0.6 is 24.8 Å². The molecular formula is C18H23Cl2N3O. The van der Waals surface area contributed by atoms with Crippen molar-refractivity contribution in [3.63, 3.8) is 0 Å². The van der Waals surface area contributed by atoms with E-state index in [0.29, 0.717) is 6.61 Å². The monoisotopic (exact) mass is 367 g/mol. The number of nitrogens with one attached hydrogen (secondary N) is 1. The molecule has 0 atom stereocenters. The zero-order valence-corrected chi connectivity index (χ0v) is 15.6. The summed E-state index contributed by atoms with van der Waals surface area (Å²) >= 11 is 0. The fourth-order valence-corrected chi connectivity index (χ4v) is 2.60. The Bertz CT molecular complexity index is 792. The minimum Gasteiger partial charge on any atom is -0.492 e. The Morgan fingerprint density at radius 3 is 2.33 bits per heavy atom. The van der Waals surface area contributed by atoms with Gasteiger partial charge in [-0.15, -0.1) is 24.8 Å². The average molecular weight is 368 g/mol. The Morgan fingerprint density at radius 1 is 1.08 bits per heavy atom. The van der Waals surface area contributed by atoms with Crippen molar-refractivity contribution in [2.75, 3.05) is 6.61 Å². The van der Waals surface area contributed by atoms with Gasteiger partial charge in [-0.25, -0.2) is 0 Å². The van der Waals surface area contributed by atoms with Crippen LogP contribution in [0.15, 0.2) is 42.6 Å². The van der Waals surface area contributed by atoms with Crippen LogP contribution in [0.25, 0.3) is 22.0 Å². The van der Waals surface area contributed by atoms with E-state index in [1.807, 2.05) is 26.8 Å². The van der Waals surface area contributed by atoms with Crippen LogP contribution in [0.4, 0.5) is 0 Å². The molecule has 1 heterocycles. The van der Waals surface area contributed by atoms with Gasteiger partial charge in [-0.05, 0) is 44.0 Å². The number of hydrogen-bond donors (Lipinski definition) is 2. The number of fused-ring (bicyclic) bond motifs is 1. The van der Waals surface area contributed by atoms with Crippen molar-refractivity contribution in [2.24, 2.45) is 5.73 Å². The topological polar surface area (TPSA) is 63.9 Å². The molecule has 4 nitrogen and oxygen atoms in total. The lowest BCUT2D eigenvalue weighted by Gasteiger charge is -2.19. The summed E-state index contributed by atoms with van der Waals surface area (Å²) in [5.74, 6) is 0.869. The SMILES string of the molecule is CCOc1c(-c2ccc(C(C)(C)N)cc2)ccc2[nH]ncc12.Cl.Cl. The fraction of sp³-hybridized carbons (Fsp3) is 0.278. The van der Waals surface area contributed by atoms with E-state index in [1.165, 1.54) is 0 Å². The lowest BCUT2D eigenvalue weighted by atomic mass is 9.93. The lowest BCUT2D eigenvalue weighted by Crippen LogP contribution is -2.28. The van der Waals surface area contributed by atoms with Gasteiger partial charge in [-0.2, -0.15) is 5.10 Å². The number of halogens is 2. The van der Waals surface area contributed by atoms with Crippen molar-refractivity contribution in [1.82, 2.24) is 10.2 Å². The maximum Gasteiger partial charge on any atom is 0.138 e. The highest BCUT2D eigenvalue weighted by molar-refractivity contribution is 5.92. The Hall–Kier alpha value is -1.75. The first-order valence-corrected chi connectivity index (χ1v) is 7.49. The van der Waals surface area contributed by atoms with Crippen molar-refractivity contribution < 1.29 is 4.74 Å². The van der Waals surface area contributed by atoms with E-state index < -0.39 is 0 Å². The van der Waals surface area contributed by atoms with Crippen LogP contribution in [0.3, 0.4) is 0 Å². The lowest BCUT2D eigenvalue weighted by molar-refractivity contribution is 0.345. The highest BCUT2D eigenvalue weighted by Crippen LogP contribution is 2.36. The zero-order chi connectivity index (χ0) is 15.7. The standard InChI is InChI=1S/C18H21N3O.2ClH/c1-4-22-17-14(9-10-16-15(17)11-20-21-16)12-5-7-13(8-6-12)18(2,3)19;;/h5-11H,4,19H2,1-3H3,(H,20,21);2*1H. The third-order valence-corrected chi connectivity index (χ3v) is 3.80. The quantitative estimate of drug-likeness (QED) is 0.704. The highest BCUT2D eigenvalue weighted by Gasteiger charge is 2.15. The molecule has 0 fully saturated rings. The minimum atomic E-state index is -0.338. The van der Waals surface area contributed by atoms with Gasteiger partial charge in [0.2, 0.25) is 0 Å². The van der Waals surface area contributed by atoms with Gasteiger partial charge in [0.15, 0.2) is 0 Å². The molecule has 0 aliphatic carbocycles. The molecule has 0 saturated heterocycles. The Balaban J connectivity index is 0.00000144. The van der Waals surface area contributed by atoms with Gasteiger partial charge in [-0.3, -0.25) is 5.10 Å². The molecule has 3 aromatic rings. The molecule has 3 rings (SSSR count). The number of benzene rings is 2. The molecule has 0 spiro atoms. The summed E-state index contributed by atoms with van der Waals surface area (Å²) in [6.45, 7) is 6.62. The predicted octanol–water partition coefficient (Wildman–Crippen LogP) is 4.67. The number of hydrogen-bond acceptors (Lipinski definition) is 3. The van der Waals surface area contributed by atoms with Crippen molar-refractivity contribution in [1.29, 1.82) is 0 Å². The van der Waals surface area contributed by atoms with Gasteiger partial charge in [-0.1, -0.05) is 24.3 Å². The molecule has 24 heavy (non-hydrogen) atoms. The van der Waals surface area contributed by atoms with Crippen molar-refractivity contribution in [3.05, 3.63) is 48.2 Å². The maximum absolute atomic E-state index is 6.15. The molecule has 0 bridgehead atoms. The van der Waals surface area contributed by atoms with Crippen molar-refractivity contribution >= 4 is 35.7 Å². The number of rotatable bonds is 4. The normalized spacial score (nSPS) is 10.8.